The molecule has 1 aliphatic rings. The summed E-state index contributed by atoms with van der Waals surface area (Å²) in [4.78, 5) is 0.896. The number of phenolic OH excluding ortho intramolecular Hbond substituents is 1. The molecule has 1 aromatic carbocycles. The maximum atomic E-state index is 13.5. The molecule has 0 aliphatic carbocycles. The zero-order chi connectivity index (χ0) is 17.4. The summed E-state index contributed by atoms with van der Waals surface area (Å²) in [6, 6.07) is -1.11. The molecule has 0 spiro atoms. The van der Waals surface area contributed by atoms with Gasteiger partial charge >= 0.3 is 12.4 Å². The van der Waals surface area contributed by atoms with Gasteiger partial charge in [-0.1, -0.05) is 0 Å². The molecular formula is C13H15BrCl2F6N2O. The summed E-state index contributed by atoms with van der Waals surface area (Å²) >= 11 is 2.79. The van der Waals surface area contributed by atoms with Crippen molar-refractivity contribution in [2.24, 2.45) is 0 Å². The van der Waals surface area contributed by atoms with Crippen LogP contribution in [0.2, 0.25) is 0 Å². The van der Waals surface area contributed by atoms with Crippen LogP contribution in [0, 0.1) is 0 Å². The molecule has 1 saturated heterocycles. The summed E-state index contributed by atoms with van der Waals surface area (Å²) in [6.45, 7) is 0.298. The van der Waals surface area contributed by atoms with Gasteiger partial charge in [0.25, 0.3) is 0 Å². The Morgan fingerprint density at radius 1 is 1.04 bits per heavy atom. The van der Waals surface area contributed by atoms with Gasteiger partial charge in [0, 0.05) is 31.7 Å². The van der Waals surface area contributed by atoms with E-state index in [1.165, 1.54) is 0 Å². The first kappa shape index (κ1) is 24.6. The minimum Gasteiger partial charge on any atom is -0.506 e. The van der Waals surface area contributed by atoms with Gasteiger partial charge in [0.05, 0.1) is 10.0 Å². The Hall–Kier alpha value is -0.420. The highest BCUT2D eigenvalue weighted by Gasteiger charge is 2.50. The highest BCUT2D eigenvalue weighted by molar-refractivity contribution is 9.10. The van der Waals surface area contributed by atoms with E-state index in [1.54, 1.807) is 0 Å². The largest absolute Gasteiger partial charge is 0.506 e. The molecule has 25 heavy (non-hydrogen) atoms. The zero-order valence-electron chi connectivity index (χ0n) is 12.4. The van der Waals surface area contributed by atoms with Gasteiger partial charge < -0.3 is 10.4 Å². The molecule has 12 heteroatoms. The molecule has 1 atom stereocenters. The van der Waals surface area contributed by atoms with E-state index in [4.69, 9.17) is 0 Å². The molecule has 2 N–H and O–H groups in total. The number of benzene rings is 1. The summed E-state index contributed by atoms with van der Waals surface area (Å²) in [5.74, 6) is -1.04. The van der Waals surface area contributed by atoms with Crippen molar-refractivity contribution in [1.29, 1.82) is 0 Å². The monoisotopic (exact) mass is 478 g/mol. The van der Waals surface area contributed by atoms with Crippen LogP contribution < -0.4 is 5.32 Å². The Labute approximate surface area is 160 Å². The molecule has 3 nitrogen and oxygen atoms in total. The number of phenols is 1. The van der Waals surface area contributed by atoms with Crippen LogP contribution in [0.5, 0.6) is 5.75 Å². The maximum Gasteiger partial charge on any atom is 0.416 e. The summed E-state index contributed by atoms with van der Waals surface area (Å²) < 4.78 is 79.8. The first-order chi connectivity index (χ1) is 10.5. The number of hydrogen-bond acceptors (Lipinski definition) is 3. The van der Waals surface area contributed by atoms with Crippen LogP contribution in [0.3, 0.4) is 0 Å². The lowest BCUT2D eigenvalue weighted by molar-refractivity contribution is -0.191. The SMILES string of the molecule is Cl.Cl.Oc1c(Br)ccc(C(F)(F)F)c1[C@H](N1CCNCC1)C(F)(F)F. The summed E-state index contributed by atoms with van der Waals surface area (Å²) in [5.41, 5.74) is -2.65. The van der Waals surface area contributed by atoms with Crippen molar-refractivity contribution in [2.75, 3.05) is 26.2 Å². The van der Waals surface area contributed by atoms with Crippen LogP contribution in [0.1, 0.15) is 17.2 Å². The van der Waals surface area contributed by atoms with Crippen LogP contribution in [0.25, 0.3) is 0 Å². The van der Waals surface area contributed by atoms with Gasteiger partial charge in [-0.3, -0.25) is 4.90 Å². The van der Waals surface area contributed by atoms with Crippen LogP contribution in [0.4, 0.5) is 26.3 Å². The van der Waals surface area contributed by atoms with Crippen LogP contribution in [-0.2, 0) is 6.18 Å². The van der Waals surface area contributed by atoms with Crippen molar-refractivity contribution in [2.45, 2.75) is 18.4 Å². The molecule has 0 amide bonds. The number of hydrogen-bond donors (Lipinski definition) is 2. The quantitative estimate of drug-likeness (QED) is 0.612. The second-order valence-corrected chi connectivity index (χ2v) is 5.94. The fourth-order valence-electron chi connectivity index (χ4n) is 2.60. The first-order valence-electron chi connectivity index (χ1n) is 6.63. The number of piperazine rings is 1. The van der Waals surface area contributed by atoms with E-state index >= 15 is 0 Å². The average molecular weight is 480 g/mol. The molecule has 1 heterocycles. The van der Waals surface area contributed by atoms with E-state index in [1.807, 2.05) is 0 Å². The minimum atomic E-state index is -5.01. The molecule has 0 saturated carbocycles. The minimum absolute atomic E-state index is 0. The molecule has 1 fully saturated rings. The van der Waals surface area contributed by atoms with Crippen LogP contribution in [-0.4, -0.2) is 42.4 Å². The first-order valence-corrected chi connectivity index (χ1v) is 7.43. The van der Waals surface area contributed by atoms with Crippen molar-refractivity contribution in [3.63, 3.8) is 0 Å². The number of rotatable bonds is 2. The summed E-state index contributed by atoms with van der Waals surface area (Å²) in [6.07, 6.45) is -9.97. The fourth-order valence-corrected chi connectivity index (χ4v) is 2.94. The lowest BCUT2D eigenvalue weighted by atomic mass is 9.96. The molecule has 1 aromatic rings. The van der Waals surface area contributed by atoms with Gasteiger partial charge in [0.2, 0.25) is 0 Å². The summed E-state index contributed by atoms with van der Waals surface area (Å²) in [5, 5.41) is 12.8. The number of alkyl halides is 6. The second kappa shape index (κ2) is 8.98. The standard InChI is InChI=1S/C13H13BrF6N2O.2ClH/c14-8-2-1-7(12(15,16)17)9(10(8)23)11(13(18,19)20)22-5-3-21-4-6-22;;/h1-2,11,21,23H,3-6H2;2*1H/t11-;;/m0../s1. The molecular weight excluding hydrogens is 465 g/mol. The van der Waals surface area contributed by atoms with E-state index in [0.29, 0.717) is 6.07 Å². The third-order valence-electron chi connectivity index (χ3n) is 3.57. The normalized spacial score (nSPS) is 17.4. The highest BCUT2D eigenvalue weighted by atomic mass is 79.9. The van der Waals surface area contributed by atoms with E-state index in [-0.39, 0.29) is 55.5 Å². The van der Waals surface area contributed by atoms with Crippen LogP contribution in [0.15, 0.2) is 16.6 Å². The maximum absolute atomic E-state index is 13.5. The van der Waals surface area contributed by atoms with Gasteiger partial charge in [-0.25, -0.2) is 0 Å². The molecule has 0 bridgehead atoms. The third kappa shape index (κ3) is 5.53. The molecule has 1 aliphatic heterocycles. The van der Waals surface area contributed by atoms with E-state index < -0.39 is 35.3 Å². The number of aromatic hydroxyl groups is 1. The van der Waals surface area contributed by atoms with E-state index in [9.17, 15) is 31.4 Å². The van der Waals surface area contributed by atoms with Crippen molar-refractivity contribution in [1.82, 2.24) is 10.2 Å². The van der Waals surface area contributed by atoms with Crippen molar-refractivity contribution < 1.29 is 31.4 Å². The Morgan fingerprint density at radius 3 is 2.00 bits per heavy atom. The van der Waals surface area contributed by atoms with Gasteiger partial charge in [-0.2, -0.15) is 26.3 Å². The zero-order valence-corrected chi connectivity index (χ0v) is 15.6. The van der Waals surface area contributed by atoms with E-state index in [2.05, 4.69) is 21.2 Å². The molecule has 146 valence electrons. The molecule has 0 radical (unpaired) electrons. The predicted molar refractivity (Wildman–Crippen MR) is 88.5 cm³/mol. The number of nitrogens with one attached hydrogen (secondary N) is 1. The topological polar surface area (TPSA) is 35.5 Å². The Morgan fingerprint density at radius 2 is 1.56 bits per heavy atom. The van der Waals surface area contributed by atoms with Gasteiger partial charge in [0.1, 0.15) is 11.8 Å². The molecule has 0 unspecified atom stereocenters. The average Bonchev–Trinajstić information content (AvgIpc) is 2.42. The molecule has 0 aromatic heterocycles. The van der Waals surface area contributed by atoms with Crippen molar-refractivity contribution >= 4 is 40.7 Å². The summed E-state index contributed by atoms with van der Waals surface area (Å²) in [7, 11) is 0. The third-order valence-corrected chi connectivity index (χ3v) is 4.21. The van der Waals surface area contributed by atoms with Gasteiger partial charge in [-0.05, 0) is 28.1 Å². The van der Waals surface area contributed by atoms with Crippen molar-refractivity contribution in [3.05, 3.63) is 27.7 Å². The lowest BCUT2D eigenvalue weighted by Gasteiger charge is -2.37. The van der Waals surface area contributed by atoms with Gasteiger partial charge in [0.15, 0.2) is 0 Å². The van der Waals surface area contributed by atoms with Crippen molar-refractivity contribution in [3.8, 4) is 5.75 Å². The highest BCUT2D eigenvalue weighted by Crippen LogP contribution is 2.48. The van der Waals surface area contributed by atoms with E-state index in [0.717, 1.165) is 11.0 Å². The second-order valence-electron chi connectivity index (χ2n) is 5.09. The fraction of sp³-hybridized carbons (Fsp3) is 0.538. The Balaban J connectivity index is 0.00000288. The Kier molecular flexibility index (Phi) is 8.83. The Bertz CT molecular complexity index is 579. The molecule has 2 rings (SSSR count). The number of halogens is 9. The number of nitrogens with zero attached hydrogens (tertiary/aromatic N) is 1. The lowest BCUT2D eigenvalue weighted by Crippen LogP contribution is -2.49. The van der Waals surface area contributed by atoms with Gasteiger partial charge in [-0.15, -0.1) is 24.8 Å². The smallest absolute Gasteiger partial charge is 0.416 e. The van der Waals surface area contributed by atoms with Crippen LogP contribution >= 0.6 is 40.7 Å². The predicted octanol–water partition coefficient (Wildman–Crippen LogP) is 4.53.